The number of amides is 1. The molecule has 1 fully saturated rings. The molecule has 0 aromatic heterocycles. The largest absolute Gasteiger partial charge is 0.393 e. The van der Waals surface area contributed by atoms with Crippen LogP contribution in [-0.4, -0.2) is 41.7 Å². The molecule has 0 saturated carbocycles. The molecule has 1 aliphatic heterocycles. The molecule has 1 heterocycles. The fourth-order valence-electron chi connectivity index (χ4n) is 2.88. The van der Waals surface area contributed by atoms with E-state index in [1.54, 1.807) is 17.9 Å². The van der Waals surface area contributed by atoms with Crippen molar-refractivity contribution in [1.82, 2.24) is 4.90 Å². The van der Waals surface area contributed by atoms with E-state index in [1.807, 2.05) is 0 Å². The quantitative estimate of drug-likeness (QED) is 0.907. The van der Waals surface area contributed by atoms with E-state index < -0.39 is 6.10 Å². The predicted octanol–water partition coefficient (Wildman–Crippen LogP) is 2.35. The number of ether oxygens (including phenoxy) is 1. The number of aliphatic hydroxyl groups excluding tert-OH is 1. The molecule has 116 valence electrons. The summed E-state index contributed by atoms with van der Waals surface area (Å²) in [4.78, 5) is 14.4. The Morgan fingerprint density at radius 1 is 1.57 bits per heavy atom. The highest BCUT2D eigenvalue weighted by molar-refractivity contribution is 5.94. The van der Waals surface area contributed by atoms with E-state index in [-0.39, 0.29) is 24.4 Å². The van der Waals surface area contributed by atoms with Crippen LogP contribution in [0.3, 0.4) is 0 Å². The molecule has 21 heavy (non-hydrogen) atoms. The van der Waals surface area contributed by atoms with Gasteiger partial charge in [0.15, 0.2) is 0 Å². The third kappa shape index (κ3) is 3.80. The Kier molecular flexibility index (Phi) is 5.31. The van der Waals surface area contributed by atoms with Crippen LogP contribution in [0.15, 0.2) is 18.2 Å². The molecular weight excluding hydrogens is 273 g/mol. The second kappa shape index (κ2) is 7.00. The zero-order valence-electron chi connectivity index (χ0n) is 12.5. The highest BCUT2D eigenvalue weighted by Crippen LogP contribution is 2.24. The van der Waals surface area contributed by atoms with Gasteiger partial charge in [0.05, 0.1) is 12.7 Å². The van der Waals surface area contributed by atoms with Gasteiger partial charge in [-0.15, -0.1) is 0 Å². The maximum absolute atomic E-state index is 13.6. The number of hydrogen-bond acceptors (Lipinski definition) is 3. The SMILES string of the molecule is COCc1cc(C(=O)N2CCCC2CC(C)O)ccc1F. The average molecular weight is 295 g/mol. The summed E-state index contributed by atoms with van der Waals surface area (Å²) in [7, 11) is 1.49. The molecule has 4 nitrogen and oxygen atoms in total. The minimum Gasteiger partial charge on any atom is -0.393 e. The molecule has 0 radical (unpaired) electrons. The van der Waals surface area contributed by atoms with E-state index in [2.05, 4.69) is 0 Å². The van der Waals surface area contributed by atoms with Gasteiger partial charge in [0.25, 0.3) is 5.91 Å². The van der Waals surface area contributed by atoms with Gasteiger partial charge in [-0.05, 0) is 44.4 Å². The van der Waals surface area contributed by atoms with Crippen LogP contribution in [0.5, 0.6) is 0 Å². The summed E-state index contributed by atoms with van der Waals surface area (Å²) in [5.41, 5.74) is 0.857. The van der Waals surface area contributed by atoms with Crippen molar-refractivity contribution in [2.24, 2.45) is 0 Å². The fourth-order valence-corrected chi connectivity index (χ4v) is 2.88. The molecular formula is C16H22FNO3. The van der Waals surface area contributed by atoms with Crippen molar-refractivity contribution in [1.29, 1.82) is 0 Å². The highest BCUT2D eigenvalue weighted by Gasteiger charge is 2.30. The number of hydrogen-bond donors (Lipinski definition) is 1. The fraction of sp³-hybridized carbons (Fsp3) is 0.562. The van der Waals surface area contributed by atoms with Crippen molar-refractivity contribution in [3.8, 4) is 0 Å². The lowest BCUT2D eigenvalue weighted by atomic mass is 10.1. The molecule has 0 bridgehead atoms. The Labute approximate surface area is 124 Å². The number of aliphatic hydroxyl groups is 1. The van der Waals surface area contributed by atoms with Crippen molar-refractivity contribution in [2.75, 3.05) is 13.7 Å². The van der Waals surface area contributed by atoms with Gasteiger partial charge in [-0.1, -0.05) is 0 Å². The summed E-state index contributed by atoms with van der Waals surface area (Å²) in [6.07, 6.45) is 2.00. The Bertz CT molecular complexity index is 504. The molecule has 1 amide bonds. The lowest BCUT2D eigenvalue weighted by Gasteiger charge is -2.26. The molecule has 1 aromatic carbocycles. The minimum absolute atomic E-state index is 0.0634. The number of carbonyl (C=O) groups is 1. The van der Waals surface area contributed by atoms with Gasteiger partial charge in [-0.25, -0.2) is 4.39 Å². The standard InChI is InChI=1S/C16H22FNO3/c1-11(19)8-14-4-3-7-18(14)16(20)12-5-6-15(17)13(9-12)10-21-2/h5-6,9,11,14,19H,3-4,7-8,10H2,1-2H3. The van der Waals surface area contributed by atoms with Crippen LogP contribution in [-0.2, 0) is 11.3 Å². The number of nitrogens with zero attached hydrogens (tertiary/aromatic N) is 1. The molecule has 1 aromatic rings. The first kappa shape index (κ1) is 15.9. The molecule has 0 spiro atoms. The normalized spacial score (nSPS) is 19.8. The maximum Gasteiger partial charge on any atom is 0.254 e. The summed E-state index contributed by atoms with van der Waals surface area (Å²) < 4.78 is 18.6. The molecule has 5 heteroatoms. The van der Waals surface area contributed by atoms with Crippen LogP contribution in [0, 0.1) is 5.82 Å². The first-order valence-electron chi connectivity index (χ1n) is 7.29. The van der Waals surface area contributed by atoms with E-state index in [4.69, 9.17) is 4.74 Å². The first-order valence-corrected chi connectivity index (χ1v) is 7.29. The Hall–Kier alpha value is -1.46. The van der Waals surface area contributed by atoms with Gasteiger partial charge >= 0.3 is 0 Å². The van der Waals surface area contributed by atoms with Gasteiger partial charge in [0, 0.05) is 30.8 Å². The molecule has 2 rings (SSSR count). The van der Waals surface area contributed by atoms with Crippen molar-refractivity contribution in [3.63, 3.8) is 0 Å². The summed E-state index contributed by atoms with van der Waals surface area (Å²) >= 11 is 0. The molecule has 0 aliphatic carbocycles. The lowest BCUT2D eigenvalue weighted by Crippen LogP contribution is -2.37. The predicted molar refractivity (Wildman–Crippen MR) is 77.5 cm³/mol. The van der Waals surface area contributed by atoms with Crippen molar-refractivity contribution >= 4 is 5.91 Å². The van der Waals surface area contributed by atoms with Crippen LogP contribution in [0.25, 0.3) is 0 Å². The smallest absolute Gasteiger partial charge is 0.254 e. The van der Waals surface area contributed by atoms with Crippen LogP contribution in [0.2, 0.25) is 0 Å². The van der Waals surface area contributed by atoms with E-state index >= 15 is 0 Å². The number of halogens is 1. The van der Waals surface area contributed by atoms with Crippen molar-refractivity contribution < 1.29 is 19.0 Å². The number of carbonyl (C=O) groups excluding carboxylic acids is 1. The minimum atomic E-state index is -0.430. The average Bonchev–Trinajstić information content (AvgIpc) is 2.88. The molecule has 1 aliphatic rings. The molecule has 1 N–H and O–H groups in total. The second-order valence-electron chi connectivity index (χ2n) is 5.62. The molecule has 2 unspecified atom stereocenters. The van der Waals surface area contributed by atoms with E-state index in [1.165, 1.54) is 19.2 Å². The summed E-state index contributed by atoms with van der Waals surface area (Å²) in [6, 6.07) is 4.43. The summed E-state index contributed by atoms with van der Waals surface area (Å²) in [5, 5.41) is 9.53. The highest BCUT2D eigenvalue weighted by atomic mass is 19.1. The van der Waals surface area contributed by atoms with Crippen LogP contribution in [0.4, 0.5) is 4.39 Å². The van der Waals surface area contributed by atoms with Crippen molar-refractivity contribution in [2.45, 2.75) is 44.9 Å². The number of methoxy groups -OCH3 is 1. The number of benzene rings is 1. The summed E-state index contributed by atoms with van der Waals surface area (Å²) in [6.45, 7) is 2.56. The molecule has 2 atom stereocenters. The topological polar surface area (TPSA) is 49.8 Å². The van der Waals surface area contributed by atoms with Gasteiger partial charge in [-0.2, -0.15) is 0 Å². The number of likely N-dealkylation sites (tertiary alicyclic amines) is 1. The van der Waals surface area contributed by atoms with E-state index in [9.17, 15) is 14.3 Å². The van der Waals surface area contributed by atoms with Crippen LogP contribution >= 0.6 is 0 Å². The van der Waals surface area contributed by atoms with E-state index in [0.29, 0.717) is 24.1 Å². The second-order valence-corrected chi connectivity index (χ2v) is 5.62. The number of rotatable bonds is 5. The van der Waals surface area contributed by atoms with Gasteiger partial charge < -0.3 is 14.7 Å². The zero-order valence-corrected chi connectivity index (χ0v) is 12.5. The Morgan fingerprint density at radius 3 is 3.00 bits per heavy atom. The van der Waals surface area contributed by atoms with Crippen LogP contribution in [0.1, 0.15) is 42.1 Å². The zero-order chi connectivity index (χ0) is 15.4. The van der Waals surface area contributed by atoms with Gasteiger partial charge in [0.2, 0.25) is 0 Å². The van der Waals surface area contributed by atoms with Crippen LogP contribution < -0.4 is 0 Å². The van der Waals surface area contributed by atoms with Crippen molar-refractivity contribution in [3.05, 3.63) is 35.1 Å². The first-order chi connectivity index (χ1) is 10.0. The molecule has 1 saturated heterocycles. The Morgan fingerprint density at radius 2 is 2.33 bits per heavy atom. The third-order valence-electron chi connectivity index (χ3n) is 3.84. The third-order valence-corrected chi connectivity index (χ3v) is 3.84. The monoisotopic (exact) mass is 295 g/mol. The van der Waals surface area contributed by atoms with Gasteiger partial charge in [-0.3, -0.25) is 4.79 Å². The lowest BCUT2D eigenvalue weighted by molar-refractivity contribution is 0.0681. The van der Waals surface area contributed by atoms with Gasteiger partial charge in [0.1, 0.15) is 5.82 Å². The Balaban J connectivity index is 2.17. The van der Waals surface area contributed by atoms with E-state index in [0.717, 1.165) is 12.8 Å². The summed E-state index contributed by atoms with van der Waals surface area (Å²) in [5.74, 6) is -0.467. The maximum atomic E-state index is 13.6.